The summed E-state index contributed by atoms with van der Waals surface area (Å²) in [5, 5.41) is 3.33. The number of methoxy groups -OCH3 is 1. The fourth-order valence-corrected chi connectivity index (χ4v) is 6.85. The SMILES string of the molecule is COc1cc2c(cc1NC(=O)C13CC4CC(CC(C4)C1)C3)CCCCC2. The van der Waals surface area contributed by atoms with Crippen molar-refractivity contribution in [2.24, 2.45) is 23.2 Å². The molecule has 26 heavy (non-hydrogen) atoms. The molecule has 6 rings (SSSR count). The van der Waals surface area contributed by atoms with Gasteiger partial charge in [0.25, 0.3) is 0 Å². The van der Waals surface area contributed by atoms with Gasteiger partial charge in [-0.2, -0.15) is 0 Å². The van der Waals surface area contributed by atoms with Crippen LogP contribution in [-0.2, 0) is 17.6 Å². The van der Waals surface area contributed by atoms with Crippen LogP contribution in [0.25, 0.3) is 0 Å². The average Bonchev–Trinajstić information content (AvgIpc) is 2.84. The molecule has 1 aromatic carbocycles. The molecule has 1 N–H and O–H groups in total. The molecule has 3 nitrogen and oxygen atoms in total. The summed E-state index contributed by atoms with van der Waals surface area (Å²) in [6.45, 7) is 0. The second kappa shape index (κ2) is 6.28. The van der Waals surface area contributed by atoms with Crippen LogP contribution >= 0.6 is 0 Å². The molecule has 4 fully saturated rings. The van der Waals surface area contributed by atoms with Crippen molar-refractivity contribution >= 4 is 11.6 Å². The Balaban J connectivity index is 1.42. The van der Waals surface area contributed by atoms with Gasteiger partial charge in [0, 0.05) is 0 Å². The van der Waals surface area contributed by atoms with Gasteiger partial charge in [-0.05, 0) is 105 Å². The molecule has 5 aliphatic rings. The van der Waals surface area contributed by atoms with Gasteiger partial charge in [0.2, 0.25) is 5.91 Å². The van der Waals surface area contributed by atoms with Crippen LogP contribution in [0.1, 0.15) is 68.9 Å². The van der Waals surface area contributed by atoms with Crippen LogP contribution in [-0.4, -0.2) is 13.0 Å². The minimum atomic E-state index is -0.105. The summed E-state index contributed by atoms with van der Waals surface area (Å²) in [5.74, 6) is 3.48. The zero-order valence-corrected chi connectivity index (χ0v) is 16.0. The Kier molecular flexibility index (Phi) is 4.02. The smallest absolute Gasteiger partial charge is 0.230 e. The predicted molar refractivity (Wildman–Crippen MR) is 103 cm³/mol. The first-order chi connectivity index (χ1) is 12.6. The molecule has 1 aromatic rings. The lowest BCUT2D eigenvalue weighted by Crippen LogP contribution is -2.51. The maximum Gasteiger partial charge on any atom is 0.230 e. The molecule has 0 unspecified atom stereocenters. The molecule has 1 amide bonds. The normalized spacial score (nSPS) is 34.9. The van der Waals surface area contributed by atoms with Crippen LogP contribution in [0.4, 0.5) is 5.69 Å². The third-order valence-corrected chi connectivity index (χ3v) is 7.68. The molecular weight excluding hydrogens is 322 g/mol. The molecule has 0 heterocycles. The second-order valence-corrected chi connectivity index (χ2v) is 9.53. The first-order valence-electron chi connectivity index (χ1n) is 10.7. The third kappa shape index (κ3) is 2.75. The minimum absolute atomic E-state index is 0.105. The fourth-order valence-electron chi connectivity index (χ4n) is 6.85. The molecule has 0 atom stereocenters. The minimum Gasteiger partial charge on any atom is -0.495 e. The maximum absolute atomic E-state index is 13.4. The lowest BCUT2D eigenvalue weighted by Gasteiger charge is -2.55. The van der Waals surface area contributed by atoms with Gasteiger partial charge in [-0.15, -0.1) is 0 Å². The van der Waals surface area contributed by atoms with E-state index in [1.165, 1.54) is 49.7 Å². The van der Waals surface area contributed by atoms with E-state index in [0.717, 1.165) is 61.3 Å². The first-order valence-corrected chi connectivity index (χ1v) is 10.7. The highest BCUT2D eigenvalue weighted by Crippen LogP contribution is 2.60. The number of nitrogens with one attached hydrogen (secondary N) is 1. The number of carbonyl (C=O) groups is 1. The number of amides is 1. The largest absolute Gasteiger partial charge is 0.495 e. The highest BCUT2D eigenvalue weighted by atomic mass is 16.5. The van der Waals surface area contributed by atoms with Crippen LogP contribution in [0.5, 0.6) is 5.75 Å². The highest BCUT2D eigenvalue weighted by molar-refractivity contribution is 5.97. The summed E-state index contributed by atoms with van der Waals surface area (Å²) in [5.41, 5.74) is 3.61. The number of hydrogen-bond donors (Lipinski definition) is 1. The topological polar surface area (TPSA) is 38.3 Å². The van der Waals surface area contributed by atoms with Crippen molar-refractivity contribution in [1.82, 2.24) is 0 Å². The summed E-state index contributed by atoms with van der Waals surface area (Å²) in [4.78, 5) is 13.4. The molecule has 0 aliphatic heterocycles. The van der Waals surface area contributed by atoms with Gasteiger partial charge >= 0.3 is 0 Å². The number of aryl methyl sites for hydroxylation is 2. The zero-order chi connectivity index (χ0) is 17.7. The molecule has 4 saturated carbocycles. The van der Waals surface area contributed by atoms with Gasteiger partial charge in [-0.25, -0.2) is 0 Å². The highest BCUT2D eigenvalue weighted by Gasteiger charge is 2.54. The summed E-state index contributed by atoms with van der Waals surface area (Å²) in [7, 11) is 1.72. The standard InChI is InChI=1S/C23H31NO2/c1-26-21-11-19-6-4-2-3-5-18(19)10-20(21)24-22(25)23-12-15-7-16(13-23)9-17(8-15)14-23/h10-11,15-17H,2-9,12-14H2,1H3,(H,24,25). The monoisotopic (exact) mass is 353 g/mol. The van der Waals surface area contributed by atoms with Crippen LogP contribution in [0.2, 0.25) is 0 Å². The van der Waals surface area contributed by atoms with E-state index in [1.54, 1.807) is 7.11 Å². The lowest BCUT2D eigenvalue weighted by atomic mass is 9.49. The Labute approximate surface area is 156 Å². The molecule has 0 spiro atoms. The van der Waals surface area contributed by atoms with Crippen molar-refractivity contribution in [3.05, 3.63) is 23.3 Å². The van der Waals surface area contributed by atoms with Gasteiger partial charge in [-0.1, -0.05) is 6.42 Å². The Hall–Kier alpha value is -1.51. The molecule has 5 aliphatic carbocycles. The number of anilines is 1. The quantitative estimate of drug-likeness (QED) is 0.766. The van der Waals surface area contributed by atoms with Crippen LogP contribution in [0.15, 0.2) is 12.1 Å². The van der Waals surface area contributed by atoms with Crippen LogP contribution in [0.3, 0.4) is 0 Å². The van der Waals surface area contributed by atoms with E-state index in [1.807, 2.05) is 0 Å². The van der Waals surface area contributed by atoms with Crippen molar-refractivity contribution in [3.8, 4) is 5.75 Å². The summed E-state index contributed by atoms with van der Waals surface area (Å²) in [6.07, 6.45) is 13.5. The first kappa shape index (κ1) is 16.6. The lowest BCUT2D eigenvalue weighted by molar-refractivity contribution is -0.140. The number of rotatable bonds is 3. The van der Waals surface area contributed by atoms with Gasteiger partial charge in [0.05, 0.1) is 18.2 Å². The second-order valence-electron chi connectivity index (χ2n) is 9.53. The Morgan fingerprint density at radius 3 is 2.12 bits per heavy atom. The van der Waals surface area contributed by atoms with E-state index >= 15 is 0 Å². The molecule has 0 aromatic heterocycles. The van der Waals surface area contributed by atoms with Gasteiger partial charge in [0.1, 0.15) is 5.75 Å². The number of hydrogen-bond acceptors (Lipinski definition) is 2. The van der Waals surface area contributed by atoms with E-state index in [2.05, 4.69) is 17.4 Å². The molecular formula is C23H31NO2. The Morgan fingerprint density at radius 2 is 1.54 bits per heavy atom. The predicted octanol–water partition coefficient (Wildman–Crippen LogP) is 5.12. The number of fused-ring (bicyclic) bond motifs is 1. The van der Waals surface area contributed by atoms with E-state index in [0.29, 0.717) is 0 Å². The average molecular weight is 354 g/mol. The number of ether oxygens (including phenoxy) is 1. The summed E-state index contributed by atoms with van der Waals surface area (Å²) in [6, 6.07) is 4.38. The Morgan fingerprint density at radius 1 is 0.962 bits per heavy atom. The molecule has 0 radical (unpaired) electrons. The maximum atomic E-state index is 13.4. The van der Waals surface area contributed by atoms with Crippen molar-refractivity contribution in [3.63, 3.8) is 0 Å². The number of carbonyl (C=O) groups excluding carboxylic acids is 1. The zero-order valence-electron chi connectivity index (χ0n) is 16.0. The van der Waals surface area contributed by atoms with Gasteiger partial charge in [0.15, 0.2) is 0 Å². The molecule has 0 saturated heterocycles. The third-order valence-electron chi connectivity index (χ3n) is 7.68. The van der Waals surface area contributed by atoms with E-state index in [9.17, 15) is 4.79 Å². The van der Waals surface area contributed by atoms with E-state index in [-0.39, 0.29) is 11.3 Å². The van der Waals surface area contributed by atoms with Crippen molar-refractivity contribution in [2.75, 3.05) is 12.4 Å². The Bertz CT molecular complexity index is 688. The van der Waals surface area contributed by atoms with Crippen molar-refractivity contribution in [1.29, 1.82) is 0 Å². The fraction of sp³-hybridized carbons (Fsp3) is 0.696. The number of benzene rings is 1. The molecule has 140 valence electrons. The van der Waals surface area contributed by atoms with Gasteiger partial charge < -0.3 is 10.1 Å². The van der Waals surface area contributed by atoms with Gasteiger partial charge in [-0.3, -0.25) is 4.79 Å². The van der Waals surface area contributed by atoms with Crippen molar-refractivity contribution < 1.29 is 9.53 Å². The van der Waals surface area contributed by atoms with Crippen LogP contribution < -0.4 is 10.1 Å². The van der Waals surface area contributed by atoms with Crippen molar-refractivity contribution in [2.45, 2.75) is 70.6 Å². The summed E-state index contributed by atoms with van der Waals surface area (Å²) >= 11 is 0. The molecule has 4 bridgehead atoms. The van der Waals surface area contributed by atoms with E-state index in [4.69, 9.17) is 4.74 Å². The molecule has 3 heteroatoms. The van der Waals surface area contributed by atoms with Crippen LogP contribution in [0, 0.1) is 23.2 Å². The van der Waals surface area contributed by atoms with E-state index < -0.39 is 0 Å². The summed E-state index contributed by atoms with van der Waals surface area (Å²) < 4.78 is 5.66.